The van der Waals surface area contributed by atoms with Gasteiger partial charge in [0, 0.05) is 18.7 Å². The summed E-state index contributed by atoms with van der Waals surface area (Å²) in [6.07, 6.45) is -2.11. The lowest BCUT2D eigenvalue weighted by Crippen LogP contribution is -2.25. The van der Waals surface area contributed by atoms with Crippen molar-refractivity contribution in [1.82, 2.24) is 4.98 Å². The summed E-state index contributed by atoms with van der Waals surface area (Å²) in [6, 6.07) is 10.3. The van der Waals surface area contributed by atoms with Crippen LogP contribution in [0.25, 0.3) is 0 Å². The minimum Gasteiger partial charge on any atom is -0.369 e. The fraction of sp³-hybridized carbons (Fsp3) is 0.267. The van der Waals surface area contributed by atoms with Crippen LogP contribution in [0.5, 0.6) is 0 Å². The first-order valence-corrected chi connectivity index (χ1v) is 6.39. The van der Waals surface area contributed by atoms with Crippen molar-refractivity contribution in [3.8, 4) is 0 Å². The molecule has 0 aliphatic heterocycles. The van der Waals surface area contributed by atoms with E-state index >= 15 is 0 Å². The highest BCUT2D eigenvalue weighted by Gasteiger charge is 2.34. The van der Waals surface area contributed by atoms with Crippen molar-refractivity contribution >= 4 is 5.82 Å². The van der Waals surface area contributed by atoms with Gasteiger partial charge < -0.3 is 5.32 Å². The van der Waals surface area contributed by atoms with Crippen LogP contribution in [0.15, 0.2) is 42.6 Å². The van der Waals surface area contributed by atoms with E-state index in [-0.39, 0.29) is 11.7 Å². The Morgan fingerprint density at radius 2 is 1.95 bits per heavy atom. The number of aromatic nitrogens is 1. The summed E-state index contributed by atoms with van der Waals surface area (Å²) in [7, 11) is 0. The molecule has 0 amide bonds. The first-order chi connectivity index (χ1) is 9.55. The summed E-state index contributed by atoms with van der Waals surface area (Å²) >= 11 is 0. The third kappa shape index (κ3) is 2.35. The van der Waals surface area contributed by atoms with Crippen LogP contribution in [0.3, 0.4) is 0 Å². The van der Waals surface area contributed by atoms with Crippen LogP contribution < -0.4 is 5.32 Å². The molecule has 1 N–H and O–H groups in total. The van der Waals surface area contributed by atoms with E-state index in [0.29, 0.717) is 6.54 Å². The van der Waals surface area contributed by atoms with Gasteiger partial charge in [0.25, 0.3) is 0 Å². The van der Waals surface area contributed by atoms with E-state index in [1.807, 2.05) is 24.3 Å². The van der Waals surface area contributed by atoms with Crippen molar-refractivity contribution in [2.45, 2.75) is 18.5 Å². The number of alkyl halides is 3. The van der Waals surface area contributed by atoms with E-state index in [1.54, 1.807) is 0 Å². The molecule has 1 aromatic heterocycles. The fourth-order valence-electron chi connectivity index (χ4n) is 2.54. The molecule has 1 aromatic carbocycles. The van der Waals surface area contributed by atoms with E-state index in [1.165, 1.54) is 23.4 Å². The van der Waals surface area contributed by atoms with Crippen molar-refractivity contribution in [2.75, 3.05) is 11.9 Å². The van der Waals surface area contributed by atoms with Crippen molar-refractivity contribution in [3.63, 3.8) is 0 Å². The second-order valence-corrected chi connectivity index (χ2v) is 4.88. The molecular weight excluding hydrogens is 265 g/mol. The van der Waals surface area contributed by atoms with Crippen LogP contribution in [-0.4, -0.2) is 11.5 Å². The van der Waals surface area contributed by atoms with Gasteiger partial charge in [0.05, 0.1) is 5.56 Å². The summed E-state index contributed by atoms with van der Waals surface area (Å²) in [5.74, 6) is 0.165. The Kier molecular flexibility index (Phi) is 3.12. The Hall–Kier alpha value is -2.04. The number of nitrogens with one attached hydrogen (secondary N) is 1. The van der Waals surface area contributed by atoms with Crippen molar-refractivity contribution < 1.29 is 13.2 Å². The van der Waals surface area contributed by atoms with Crippen LogP contribution in [-0.2, 0) is 12.6 Å². The van der Waals surface area contributed by atoms with Crippen LogP contribution in [0.1, 0.15) is 22.6 Å². The summed E-state index contributed by atoms with van der Waals surface area (Å²) < 4.78 is 38.5. The Morgan fingerprint density at radius 3 is 2.70 bits per heavy atom. The quantitative estimate of drug-likeness (QED) is 0.922. The van der Waals surface area contributed by atoms with Gasteiger partial charge in [0.2, 0.25) is 0 Å². The van der Waals surface area contributed by atoms with Gasteiger partial charge >= 0.3 is 6.18 Å². The van der Waals surface area contributed by atoms with Gasteiger partial charge in [-0.2, -0.15) is 13.2 Å². The molecule has 2 nitrogen and oxygen atoms in total. The third-order valence-corrected chi connectivity index (χ3v) is 3.59. The van der Waals surface area contributed by atoms with Crippen LogP contribution in [0, 0.1) is 0 Å². The molecule has 0 spiro atoms. The number of pyridine rings is 1. The molecule has 20 heavy (non-hydrogen) atoms. The van der Waals surface area contributed by atoms with Crippen LogP contribution in [0.4, 0.5) is 19.0 Å². The maximum absolute atomic E-state index is 12.8. The van der Waals surface area contributed by atoms with Gasteiger partial charge in [-0.05, 0) is 29.7 Å². The zero-order valence-electron chi connectivity index (χ0n) is 10.6. The van der Waals surface area contributed by atoms with E-state index in [9.17, 15) is 13.2 Å². The molecular formula is C15H13F3N2. The lowest BCUT2D eigenvalue weighted by atomic mass is 9.77. The molecule has 2 aromatic rings. The van der Waals surface area contributed by atoms with E-state index in [4.69, 9.17) is 0 Å². The number of benzene rings is 1. The van der Waals surface area contributed by atoms with Crippen molar-refractivity contribution in [3.05, 3.63) is 59.3 Å². The van der Waals surface area contributed by atoms with Gasteiger partial charge in [0.1, 0.15) is 5.82 Å². The van der Waals surface area contributed by atoms with E-state index in [0.717, 1.165) is 12.5 Å². The standard InChI is InChI=1S/C15H13F3N2/c16-15(17,18)13-6-3-7-19-14(13)20-9-11-8-10-4-1-2-5-12(10)11/h1-7,11H,8-9H2,(H,19,20). The predicted molar refractivity (Wildman–Crippen MR) is 70.6 cm³/mol. The average molecular weight is 278 g/mol. The zero-order valence-corrected chi connectivity index (χ0v) is 10.6. The number of fused-ring (bicyclic) bond motifs is 1. The van der Waals surface area contributed by atoms with Gasteiger partial charge in [-0.3, -0.25) is 0 Å². The summed E-state index contributed by atoms with van der Waals surface area (Å²) in [5, 5.41) is 2.83. The fourth-order valence-corrected chi connectivity index (χ4v) is 2.54. The normalized spacial score (nSPS) is 17.2. The number of halogens is 3. The highest BCUT2D eigenvalue weighted by Crippen LogP contribution is 2.36. The molecule has 5 heteroatoms. The smallest absolute Gasteiger partial charge is 0.369 e. The van der Waals surface area contributed by atoms with E-state index < -0.39 is 11.7 Å². The number of rotatable bonds is 3. The van der Waals surface area contributed by atoms with Gasteiger partial charge in [0.15, 0.2) is 0 Å². The molecule has 0 bridgehead atoms. The van der Waals surface area contributed by atoms with Crippen LogP contribution in [0.2, 0.25) is 0 Å². The van der Waals surface area contributed by atoms with Gasteiger partial charge in [-0.25, -0.2) is 4.98 Å². The number of hydrogen-bond donors (Lipinski definition) is 1. The molecule has 1 atom stereocenters. The second kappa shape index (κ2) is 4.81. The lowest BCUT2D eigenvalue weighted by molar-refractivity contribution is -0.137. The third-order valence-electron chi connectivity index (χ3n) is 3.59. The number of anilines is 1. The largest absolute Gasteiger partial charge is 0.419 e. The van der Waals surface area contributed by atoms with E-state index in [2.05, 4.69) is 10.3 Å². The van der Waals surface area contributed by atoms with Crippen molar-refractivity contribution in [1.29, 1.82) is 0 Å². The molecule has 0 radical (unpaired) electrons. The van der Waals surface area contributed by atoms with Crippen molar-refractivity contribution in [2.24, 2.45) is 0 Å². The molecule has 0 saturated heterocycles. The molecule has 1 aliphatic rings. The molecule has 1 heterocycles. The van der Waals surface area contributed by atoms with Gasteiger partial charge in [-0.15, -0.1) is 0 Å². The minimum atomic E-state index is -4.38. The van der Waals surface area contributed by atoms with Gasteiger partial charge in [-0.1, -0.05) is 24.3 Å². The molecule has 1 unspecified atom stereocenters. The number of hydrogen-bond acceptors (Lipinski definition) is 2. The predicted octanol–water partition coefficient (Wildman–Crippen LogP) is 3.85. The summed E-state index contributed by atoms with van der Waals surface area (Å²) in [4.78, 5) is 3.80. The lowest BCUT2D eigenvalue weighted by Gasteiger charge is -2.30. The van der Waals surface area contributed by atoms with Crippen LogP contribution >= 0.6 is 0 Å². The monoisotopic (exact) mass is 278 g/mol. The molecule has 0 fully saturated rings. The summed E-state index contributed by atoms with van der Waals surface area (Å²) in [5.41, 5.74) is 1.77. The average Bonchev–Trinajstić information content (AvgIpc) is 2.39. The Bertz CT molecular complexity index is 623. The first kappa shape index (κ1) is 13.0. The zero-order chi connectivity index (χ0) is 14.2. The highest BCUT2D eigenvalue weighted by molar-refractivity contribution is 5.47. The maximum Gasteiger partial charge on any atom is 0.419 e. The number of nitrogens with zero attached hydrogens (tertiary/aromatic N) is 1. The molecule has 1 aliphatic carbocycles. The Labute approximate surface area is 114 Å². The topological polar surface area (TPSA) is 24.9 Å². The maximum atomic E-state index is 12.8. The SMILES string of the molecule is FC(F)(F)c1cccnc1NCC1Cc2ccccc21. The summed E-state index contributed by atoms with van der Waals surface area (Å²) in [6.45, 7) is 0.469. The molecule has 0 saturated carbocycles. The molecule has 3 rings (SSSR count). The Balaban J connectivity index is 1.72. The minimum absolute atomic E-state index is 0.0932. The Morgan fingerprint density at radius 1 is 1.15 bits per heavy atom. The first-order valence-electron chi connectivity index (χ1n) is 6.39. The highest BCUT2D eigenvalue weighted by atomic mass is 19.4. The second-order valence-electron chi connectivity index (χ2n) is 4.88. The molecule has 104 valence electrons.